The minimum atomic E-state index is -0.306. The van der Waals surface area contributed by atoms with Crippen LogP contribution < -0.4 is 5.32 Å². The predicted octanol–water partition coefficient (Wildman–Crippen LogP) is 2.86. The van der Waals surface area contributed by atoms with Crippen LogP contribution in [-0.2, 0) is 11.3 Å². The Morgan fingerprint density at radius 1 is 1.15 bits per heavy atom. The molecule has 2 rings (SSSR count). The number of rotatable bonds is 4. The van der Waals surface area contributed by atoms with Crippen LogP contribution in [0.2, 0.25) is 0 Å². The summed E-state index contributed by atoms with van der Waals surface area (Å²) in [6, 6.07) is 12.7. The topological polar surface area (TPSA) is 49.3 Å². The molecule has 0 aromatic heterocycles. The molecule has 1 amide bonds. The van der Waals surface area contributed by atoms with Crippen molar-refractivity contribution in [1.82, 2.24) is 5.32 Å². The molecule has 2 aromatic carbocycles. The zero-order valence-electron chi connectivity index (χ0n) is 10.7. The number of hydrogen-bond acceptors (Lipinski definition) is 2. The highest BCUT2D eigenvalue weighted by molar-refractivity contribution is 5.92. The standard InChI is InChI=1S/C16H14FNO2/c17-14-8-5-12(6-9-14)11-18-16(20)10-7-13-3-1-2-4-15(13)19/h1-10,19H,11H2,(H,18,20)/b10-7+. The number of hydrogen-bond donors (Lipinski definition) is 2. The molecular weight excluding hydrogens is 257 g/mol. The van der Waals surface area contributed by atoms with Crippen LogP contribution in [0.4, 0.5) is 4.39 Å². The van der Waals surface area contributed by atoms with Crippen molar-refractivity contribution < 1.29 is 14.3 Å². The van der Waals surface area contributed by atoms with Crippen molar-refractivity contribution in [3.05, 3.63) is 71.6 Å². The Morgan fingerprint density at radius 3 is 2.55 bits per heavy atom. The first-order chi connectivity index (χ1) is 9.65. The molecule has 0 aliphatic heterocycles. The summed E-state index contributed by atoms with van der Waals surface area (Å²) < 4.78 is 12.7. The summed E-state index contributed by atoms with van der Waals surface area (Å²) >= 11 is 0. The van der Waals surface area contributed by atoms with Crippen molar-refractivity contribution in [2.24, 2.45) is 0 Å². The first-order valence-corrected chi connectivity index (χ1v) is 6.13. The molecule has 0 aliphatic rings. The fourth-order valence-electron chi connectivity index (χ4n) is 1.64. The summed E-state index contributed by atoms with van der Waals surface area (Å²) in [6.45, 7) is 0.324. The lowest BCUT2D eigenvalue weighted by atomic mass is 10.2. The Morgan fingerprint density at radius 2 is 1.85 bits per heavy atom. The van der Waals surface area contributed by atoms with Crippen molar-refractivity contribution >= 4 is 12.0 Å². The second-order valence-electron chi connectivity index (χ2n) is 4.24. The number of amides is 1. The maximum atomic E-state index is 12.7. The molecule has 0 bridgehead atoms. The van der Waals surface area contributed by atoms with Crippen molar-refractivity contribution in [2.75, 3.05) is 0 Å². The number of halogens is 1. The number of phenolic OH excluding ortho intramolecular Hbond substituents is 1. The second-order valence-corrected chi connectivity index (χ2v) is 4.24. The van der Waals surface area contributed by atoms with Crippen LogP contribution in [-0.4, -0.2) is 11.0 Å². The van der Waals surface area contributed by atoms with E-state index in [9.17, 15) is 14.3 Å². The van der Waals surface area contributed by atoms with Gasteiger partial charge < -0.3 is 10.4 Å². The van der Waals surface area contributed by atoms with E-state index in [-0.39, 0.29) is 17.5 Å². The fourth-order valence-corrected chi connectivity index (χ4v) is 1.64. The lowest BCUT2D eigenvalue weighted by Gasteiger charge is -2.02. The van der Waals surface area contributed by atoms with Gasteiger partial charge in [-0.2, -0.15) is 0 Å². The quantitative estimate of drug-likeness (QED) is 0.840. The summed E-state index contributed by atoms with van der Waals surface area (Å²) in [4.78, 5) is 11.6. The molecule has 0 saturated carbocycles. The molecule has 0 aliphatic carbocycles. The minimum Gasteiger partial charge on any atom is -0.507 e. The summed E-state index contributed by atoms with van der Waals surface area (Å²) in [5.74, 6) is -0.466. The summed E-state index contributed by atoms with van der Waals surface area (Å²) in [7, 11) is 0. The Bertz CT molecular complexity index is 621. The van der Waals surface area contributed by atoms with Crippen LogP contribution in [0, 0.1) is 5.82 Å². The van der Waals surface area contributed by atoms with E-state index in [1.165, 1.54) is 24.3 Å². The van der Waals surface area contributed by atoms with Crippen molar-refractivity contribution in [2.45, 2.75) is 6.54 Å². The van der Waals surface area contributed by atoms with Gasteiger partial charge in [0.25, 0.3) is 0 Å². The van der Waals surface area contributed by atoms with Crippen molar-refractivity contribution in [3.8, 4) is 5.75 Å². The Hall–Kier alpha value is -2.62. The molecule has 20 heavy (non-hydrogen) atoms. The molecule has 0 radical (unpaired) electrons. The van der Waals surface area contributed by atoms with Gasteiger partial charge in [0.1, 0.15) is 11.6 Å². The third kappa shape index (κ3) is 3.95. The monoisotopic (exact) mass is 271 g/mol. The summed E-state index contributed by atoms with van der Waals surface area (Å²) in [5, 5.41) is 12.2. The molecule has 0 unspecified atom stereocenters. The van der Waals surface area contributed by atoms with E-state index in [1.54, 1.807) is 36.4 Å². The van der Waals surface area contributed by atoms with Crippen molar-refractivity contribution in [3.63, 3.8) is 0 Å². The number of phenols is 1. The van der Waals surface area contributed by atoms with Crippen LogP contribution in [0.5, 0.6) is 5.75 Å². The van der Waals surface area contributed by atoms with Crippen LogP contribution in [0.1, 0.15) is 11.1 Å². The van der Waals surface area contributed by atoms with Crippen LogP contribution >= 0.6 is 0 Å². The lowest BCUT2D eigenvalue weighted by Crippen LogP contribution is -2.20. The van der Waals surface area contributed by atoms with E-state index < -0.39 is 0 Å². The van der Waals surface area contributed by atoms with Gasteiger partial charge in [0.15, 0.2) is 0 Å². The molecule has 2 aromatic rings. The molecule has 0 heterocycles. The lowest BCUT2D eigenvalue weighted by molar-refractivity contribution is -0.116. The third-order valence-electron chi connectivity index (χ3n) is 2.73. The average molecular weight is 271 g/mol. The van der Waals surface area contributed by atoms with E-state index in [4.69, 9.17) is 0 Å². The van der Waals surface area contributed by atoms with E-state index in [0.717, 1.165) is 5.56 Å². The SMILES string of the molecule is O=C(/C=C/c1ccccc1O)NCc1ccc(F)cc1. The number of para-hydroxylation sites is 1. The first-order valence-electron chi connectivity index (χ1n) is 6.13. The third-order valence-corrected chi connectivity index (χ3v) is 2.73. The van der Waals surface area contributed by atoms with Gasteiger partial charge in [0.05, 0.1) is 0 Å². The van der Waals surface area contributed by atoms with Gasteiger partial charge in [-0.15, -0.1) is 0 Å². The minimum absolute atomic E-state index is 0.120. The van der Waals surface area contributed by atoms with Crippen LogP contribution in [0.3, 0.4) is 0 Å². The van der Waals surface area contributed by atoms with Gasteiger partial charge >= 0.3 is 0 Å². The van der Waals surface area contributed by atoms with E-state index in [0.29, 0.717) is 12.1 Å². The Balaban J connectivity index is 1.90. The largest absolute Gasteiger partial charge is 0.507 e. The molecule has 0 atom stereocenters. The zero-order valence-corrected chi connectivity index (χ0v) is 10.7. The second kappa shape index (κ2) is 6.52. The van der Waals surface area contributed by atoms with E-state index >= 15 is 0 Å². The molecule has 2 N–H and O–H groups in total. The normalized spacial score (nSPS) is 10.7. The number of aromatic hydroxyl groups is 1. The van der Waals surface area contributed by atoms with Gasteiger partial charge in [-0.25, -0.2) is 4.39 Å². The molecule has 0 fully saturated rings. The smallest absolute Gasteiger partial charge is 0.244 e. The zero-order chi connectivity index (χ0) is 14.4. The van der Waals surface area contributed by atoms with Crippen molar-refractivity contribution in [1.29, 1.82) is 0 Å². The highest BCUT2D eigenvalue weighted by atomic mass is 19.1. The molecule has 0 spiro atoms. The maximum absolute atomic E-state index is 12.7. The fraction of sp³-hybridized carbons (Fsp3) is 0.0625. The number of carbonyl (C=O) groups excluding carboxylic acids is 1. The summed E-state index contributed by atoms with van der Waals surface area (Å²) in [6.07, 6.45) is 2.88. The maximum Gasteiger partial charge on any atom is 0.244 e. The molecular formula is C16H14FNO2. The number of nitrogens with one attached hydrogen (secondary N) is 1. The average Bonchev–Trinajstić information content (AvgIpc) is 2.46. The molecule has 3 nitrogen and oxygen atoms in total. The van der Waals surface area contributed by atoms with E-state index in [2.05, 4.69) is 5.32 Å². The highest BCUT2D eigenvalue weighted by Crippen LogP contribution is 2.16. The van der Waals surface area contributed by atoms with Gasteiger partial charge in [0, 0.05) is 18.2 Å². The van der Waals surface area contributed by atoms with Crippen LogP contribution in [0.25, 0.3) is 6.08 Å². The predicted molar refractivity (Wildman–Crippen MR) is 75.4 cm³/mol. The van der Waals surface area contributed by atoms with Gasteiger partial charge in [-0.05, 0) is 29.8 Å². The molecule has 4 heteroatoms. The van der Waals surface area contributed by atoms with Crippen LogP contribution in [0.15, 0.2) is 54.6 Å². The number of carbonyl (C=O) groups is 1. The van der Waals surface area contributed by atoms with E-state index in [1.807, 2.05) is 0 Å². The Labute approximate surface area is 116 Å². The number of benzene rings is 2. The van der Waals surface area contributed by atoms with Gasteiger partial charge in [0.2, 0.25) is 5.91 Å². The summed E-state index contributed by atoms with van der Waals surface area (Å²) in [5.41, 5.74) is 1.39. The van der Waals surface area contributed by atoms with Gasteiger partial charge in [-0.3, -0.25) is 4.79 Å². The first kappa shape index (κ1) is 13.8. The molecule has 0 saturated heterocycles. The Kier molecular flexibility index (Phi) is 4.50. The highest BCUT2D eigenvalue weighted by Gasteiger charge is 1.99. The molecule has 102 valence electrons. The van der Waals surface area contributed by atoms with Gasteiger partial charge in [-0.1, -0.05) is 30.3 Å².